The van der Waals surface area contributed by atoms with Crippen molar-refractivity contribution in [3.8, 4) is 5.75 Å². The second-order valence-electron chi connectivity index (χ2n) is 8.55. The molecule has 1 heterocycles. The van der Waals surface area contributed by atoms with Gasteiger partial charge in [-0.1, -0.05) is 48.6 Å². The number of rotatable bonds is 5. The molecular weight excluding hydrogens is 410 g/mol. The van der Waals surface area contributed by atoms with E-state index in [4.69, 9.17) is 4.74 Å². The van der Waals surface area contributed by atoms with E-state index in [0.717, 1.165) is 23.4 Å². The number of carbonyl (C=O) groups excluding carboxylic acids is 1. The van der Waals surface area contributed by atoms with Gasteiger partial charge in [-0.3, -0.25) is 4.79 Å². The molecule has 0 unspecified atom stereocenters. The summed E-state index contributed by atoms with van der Waals surface area (Å²) in [5.41, 5.74) is 8.75. The summed E-state index contributed by atoms with van der Waals surface area (Å²) >= 11 is 0. The molecule has 2 aliphatic rings. The van der Waals surface area contributed by atoms with Crippen molar-refractivity contribution >= 4 is 17.3 Å². The van der Waals surface area contributed by atoms with Crippen LogP contribution >= 0.6 is 0 Å². The summed E-state index contributed by atoms with van der Waals surface area (Å²) in [6, 6.07) is 24.3. The molecule has 0 spiro atoms. The van der Waals surface area contributed by atoms with Crippen LogP contribution in [0.2, 0.25) is 0 Å². The number of nitrogens with zero attached hydrogens (tertiary/aromatic N) is 1. The quantitative estimate of drug-likeness (QED) is 0.307. The molecule has 1 amide bonds. The zero-order chi connectivity index (χ0) is 22.8. The van der Waals surface area contributed by atoms with Crippen molar-refractivity contribution < 1.29 is 9.53 Å². The molecule has 5 heteroatoms. The number of hydrogen-bond donors (Lipinski definition) is 2. The van der Waals surface area contributed by atoms with E-state index in [1.165, 1.54) is 11.1 Å². The molecule has 0 aromatic heterocycles. The van der Waals surface area contributed by atoms with Gasteiger partial charge < -0.3 is 10.1 Å². The van der Waals surface area contributed by atoms with Gasteiger partial charge in [-0.2, -0.15) is 5.10 Å². The third kappa shape index (κ3) is 4.14. The highest BCUT2D eigenvalue weighted by molar-refractivity contribution is 6.01. The number of fused-ring (bicyclic) bond motifs is 3. The van der Waals surface area contributed by atoms with E-state index in [1.807, 2.05) is 6.92 Å². The Labute approximate surface area is 194 Å². The van der Waals surface area contributed by atoms with Crippen LogP contribution in [0.5, 0.6) is 5.75 Å². The maximum atomic E-state index is 12.5. The molecule has 0 radical (unpaired) electrons. The minimum absolute atomic E-state index is 0.249. The standard InChI is InChI=1S/C28H27N3O2/c1-18(30-31-28(32)20-11-14-22(33-2)15-12-20)21-13-16-26-25(17-21)23-9-6-10-24(23)27(29-26)19-7-4-3-5-8-19/h3-9,11-17,23-24,27,29H,10H2,1-2H3,(H,31,32)/t23-,24+,27+/m1/s1. The normalized spacial score (nSPS) is 21.0. The summed E-state index contributed by atoms with van der Waals surface area (Å²) in [6.45, 7) is 1.92. The van der Waals surface area contributed by atoms with Gasteiger partial charge in [-0.05, 0) is 72.4 Å². The van der Waals surface area contributed by atoms with Crippen LogP contribution in [0.4, 0.5) is 5.69 Å². The minimum Gasteiger partial charge on any atom is -0.497 e. The van der Waals surface area contributed by atoms with Gasteiger partial charge in [0.25, 0.3) is 5.91 Å². The second kappa shape index (κ2) is 8.94. The Morgan fingerprint density at radius 1 is 1.03 bits per heavy atom. The Morgan fingerprint density at radius 2 is 1.79 bits per heavy atom. The number of anilines is 1. The average Bonchev–Trinajstić information content (AvgIpc) is 3.37. The number of ether oxygens (including phenoxy) is 1. The van der Waals surface area contributed by atoms with Gasteiger partial charge in [0.2, 0.25) is 0 Å². The predicted molar refractivity (Wildman–Crippen MR) is 132 cm³/mol. The Morgan fingerprint density at radius 3 is 2.55 bits per heavy atom. The largest absolute Gasteiger partial charge is 0.497 e. The first-order valence-electron chi connectivity index (χ1n) is 11.2. The van der Waals surface area contributed by atoms with E-state index < -0.39 is 0 Å². The lowest BCUT2D eigenvalue weighted by atomic mass is 9.76. The van der Waals surface area contributed by atoms with Crippen LogP contribution in [0, 0.1) is 5.92 Å². The lowest BCUT2D eigenvalue weighted by molar-refractivity contribution is 0.0955. The maximum Gasteiger partial charge on any atom is 0.271 e. The molecule has 3 atom stereocenters. The summed E-state index contributed by atoms with van der Waals surface area (Å²) in [6.07, 6.45) is 5.69. The highest BCUT2D eigenvalue weighted by Gasteiger charge is 2.37. The third-order valence-corrected chi connectivity index (χ3v) is 6.62. The highest BCUT2D eigenvalue weighted by Crippen LogP contribution is 2.49. The number of hydrogen-bond acceptors (Lipinski definition) is 4. The summed E-state index contributed by atoms with van der Waals surface area (Å²) in [4.78, 5) is 12.5. The van der Waals surface area contributed by atoms with Crippen molar-refractivity contribution in [1.29, 1.82) is 0 Å². The Hall–Kier alpha value is -3.86. The van der Waals surface area contributed by atoms with Crippen molar-refractivity contribution in [2.45, 2.75) is 25.3 Å². The average molecular weight is 438 g/mol. The lowest BCUT2D eigenvalue weighted by Gasteiger charge is -2.37. The fraction of sp³-hybridized carbons (Fsp3) is 0.214. The number of benzene rings is 3. The van der Waals surface area contributed by atoms with E-state index in [1.54, 1.807) is 31.4 Å². The molecule has 5 rings (SSSR count). The number of carbonyl (C=O) groups is 1. The van der Waals surface area contributed by atoms with Crippen LogP contribution in [0.3, 0.4) is 0 Å². The van der Waals surface area contributed by atoms with Crippen molar-refractivity contribution in [3.05, 3.63) is 107 Å². The molecule has 1 aliphatic heterocycles. The molecule has 0 saturated heterocycles. The first-order valence-corrected chi connectivity index (χ1v) is 11.2. The number of allylic oxidation sites excluding steroid dienone is 2. The molecule has 166 valence electrons. The monoisotopic (exact) mass is 437 g/mol. The molecule has 0 saturated carbocycles. The fourth-order valence-corrected chi connectivity index (χ4v) is 4.82. The van der Waals surface area contributed by atoms with Crippen LogP contribution in [-0.4, -0.2) is 18.7 Å². The zero-order valence-corrected chi connectivity index (χ0v) is 18.8. The Balaban J connectivity index is 1.36. The molecule has 3 aromatic carbocycles. The van der Waals surface area contributed by atoms with Crippen LogP contribution in [0.25, 0.3) is 0 Å². The van der Waals surface area contributed by atoms with Crippen LogP contribution in [0.1, 0.15) is 52.4 Å². The van der Waals surface area contributed by atoms with E-state index >= 15 is 0 Å². The van der Waals surface area contributed by atoms with Crippen LogP contribution in [-0.2, 0) is 0 Å². The van der Waals surface area contributed by atoms with Gasteiger partial charge in [0, 0.05) is 17.2 Å². The van der Waals surface area contributed by atoms with Gasteiger partial charge in [-0.25, -0.2) is 5.43 Å². The first-order chi connectivity index (χ1) is 16.1. The topological polar surface area (TPSA) is 62.7 Å². The molecule has 0 fully saturated rings. The van der Waals surface area contributed by atoms with Crippen LogP contribution in [0.15, 0.2) is 90.0 Å². The zero-order valence-electron chi connectivity index (χ0n) is 18.8. The van der Waals surface area contributed by atoms with Gasteiger partial charge >= 0.3 is 0 Å². The number of nitrogens with one attached hydrogen (secondary N) is 2. The summed E-state index contributed by atoms with van der Waals surface area (Å²) < 4.78 is 5.14. The predicted octanol–water partition coefficient (Wildman–Crippen LogP) is 5.68. The van der Waals surface area contributed by atoms with Gasteiger partial charge in [0.15, 0.2) is 0 Å². The Bertz CT molecular complexity index is 1220. The maximum absolute atomic E-state index is 12.5. The highest BCUT2D eigenvalue weighted by atomic mass is 16.5. The van der Waals surface area contributed by atoms with E-state index in [2.05, 4.69) is 76.5 Å². The minimum atomic E-state index is -0.249. The van der Waals surface area contributed by atoms with E-state index in [-0.39, 0.29) is 5.91 Å². The molecule has 1 aliphatic carbocycles. The fourth-order valence-electron chi connectivity index (χ4n) is 4.82. The van der Waals surface area contributed by atoms with Crippen molar-refractivity contribution in [2.75, 3.05) is 12.4 Å². The van der Waals surface area contributed by atoms with Crippen molar-refractivity contribution in [2.24, 2.45) is 11.0 Å². The molecule has 2 N–H and O–H groups in total. The number of methoxy groups -OCH3 is 1. The lowest BCUT2D eigenvalue weighted by Crippen LogP contribution is -2.29. The molecule has 0 bridgehead atoms. The molecule has 5 nitrogen and oxygen atoms in total. The SMILES string of the molecule is COc1ccc(C(=O)NN=C(C)c2ccc3c(c2)[C@@H]2C=CC[C@@H]2[C@H](c2ccccc2)N3)cc1. The molecule has 3 aromatic rings. The van der Waals surface area contributed by atoms with Crippen molar-refractivity contribution in [3.63, 3.8) is 0 Å². The van der Waals surface area contributed by atoms with Crippen LogP contribution < -0.4 is 15.5 Å². The summed E-state index contributed by atoms with van der Waals surface area (Å²) in [5.74, 6) is 1.32. The second-order valence-corrected chi connectivity index (χ2v) is 8.55. The first kappa shape index (κ1) is 21.0. The van der Waals surface area contributed by atoms with E-state index in [0.29, 0.717) is 29.2 Å². The summed E-state index contributed by atoms with van der Waals surface area (Å²) in [5, 5.41) is 8.13. The Kier molecular flexibility index (Phi) is 5.69. The van der Waals surface area contributed by atoms with Gasteiger partial charge in [0.05, 0.1) is 18.9 Å². The van der Waals surface area contributed by atoms with E-state index in [9.17, 15) is 4.79 Å². The molecular formula is C28H27N3O2. The van der Waals surface area contributed by atoms with Gasteiger partial charge in [0.1, 0.15) is 5.75 Å². The number of amides is 1. The molecule has 33 heavy (non-hydrogen) atoms. The van der Waals surface area contributed by atoms with Gasteiger partial charge in [-0.15, -0.1) is 0 Å². The number of hydrazone groups is 1. The smallest absolute Gasteiger partial charge is 0.271 e. The summed E-state index contributed by atoms with van der Waals surface area (Å²) in [7, 11) is 1.60. The van der Waals surface area contributed by atoms with Crippen molar-refractivity contribution in [1.82, 2.24) is 5.43 Å². The third-order valence-electron chi connectivity index (χ3n) is 6.62.